The molecular weight excluding hydrogens is 291 g/mol. The summed E-state index contributed by atoms with van der Waals surface area (Å²) >= 11 is 1.43. The largest absolute Gasteiger partial charge is 0.324 e. The molecule has 6 heteroatoms. The predicted octanol–water partition coefficient (Wildman–Crippen LogP) is 4.05. The van der Waals surface area contributed by atoms with Gasteiger partial charge in [0.25, 0.3) is 0 Å². The molecule has 0 aromatic heterocycles. The maximum absolute atomic E-state index is 13.9. The third-order valence-corrected chi connectivity index (χ3v) is 4.12. The minimum Gasteiger partial charge on any atom is -0.324 e. The molecule has 0 heterocycles. The van der Waals surface area contributed by atoms with Gasteiger partial charge in [0.15, 0.2) is 0 Å². The first-order chi connectivity index (χ1) is 9.99. The lowest BCUT2D eigenvalue weighted by Gasteiger charge is -2.07. The lowest BCUT2D eigenvalue weighted by Crippen LogP contribution is -2.04. The van der Waals surface area contributed by atoms with Crippen LogP contribution in [0.25, 0.3) is 0 Å². The Kier molecular flexibility index (Phi) is 4.93. The van der Waals surface area contributed by atoms with Gasteiger partial charge in [-0.2, -0.15) is 4.39 Å². The minimum absolute atomic E-state index is 0.0294. The molecule has 0 spiro atoms. The molecule has 2 aromatic carbocycles. The van der Waals surface area contributed by atoms with Gasteiger partial charge in [-0.15, -0.1) is 11.8 Å². The van der Waals surface area contributed by atoms with Gasteiger partial charge in [0.2, 0.25) is 5.82 Å². The standard InChI is InChI=1S/C15H15FN2O2S/c1-10(17)11-5-7-13(8-6-11)21-9-12-3-2-4-14(15(12)16)18(19)20/h2-8,10H,9,17H2,1H3. The van der Waals surface area contributed by atoms with Gasteiger partial charge in [-0.3, -0.25) is 10.1 Å². The number of nitro benzene ring substituents is 1. The molecule has 0 aliphatic heterocycles. The lowest BCUT2D eigenvalue weighted by atomic mass is 10.1. The Hall–Kier alpha value is -1.92. The van der Waals surface area contributed by atoms with Crippen LogP contribution < -0.4 is 5.73 Å². The van der Waals surface area contributed by atoms with E-state index < -0.39 is 16.4 Å². The van der Waals surface area contributed by atoms with E-state index in [-0.39, 0.29) is 6.04 Å². The molecule has 0 aliphatic carbocycles. The Morgan fingerprint density at radius 3 is 2.52 bits per heavy atom. The highest BCUT2D eigenvalue weighted by atomic mass is 32.2. The highest BCUT2D eigenvalue weighted by Gasteiger charge is 2.17. The van der Waals surface area contributed by atoms with Crippen LogP contribution in [0.15, 0.2) is 47.4 Å². The van der Waals surface area contributed by atoms with Crippen LogP contribution in [0.5, 0.6) is 0 Å². The third kappa shape index (κ3) is 3.80. The van der Waals surface area contributed by atoms with E-state index in [1.54, 1.807) is 6.07 Å². The number of hydrogen-bond acceptors (Lipinski definition) is 4. The molecule has 2 rings (SSSR count). The van der Waals surface area contributed by atoms with E-state index in [0.717, 1.165) is 10.5 Å². The van der Waals surface area contributed by atoms with E-state index in [1.165, 1.54) is 23.9 Å². The lowest BCUT2D eigenvalue weighted by molar-refractivity contribution is -0.387. The molecule has 0 fully saturated rings. The van der Waals surface area contributed by atoms with Gasteiger partial charge in [-0.05, 0) is 24.6 Å². The van der Waals surface area contributed by atoms with E-state index in [4.69, 9.17) is 5.73 Å². The van der Waals surface area contributed by atoms with Crippen molar-refractivity contribution in [1.29, 1.82) is 0 Å². The van der Waals surface area contributed by atoms with Crippen LogP contribution in [0.2, 0.25) is 0 Å². The zero-order valence-corrected chi connectivity index (χ0v) is 12.3. The van der Waals surface area contributed by atoms with Gasteiger partial charge in [-0.1, -0.05) is 24.3 Å². The van der Waals surface area contributed by atoms with Crippen molar-refractivity contribution in [3.63, 3.8) is 0 Å². The van der Waals surface area contributed by atoms with Crippen LogP contribution >= 0.6 is 11.8 Å². The second-order valence-electron chi connectivity index (χ2n) is 4.65. The van der Waals surface area contributed by atoms with Gasteiger partial charge in [0.05, 0.1) is 4.92 Å². The van der Waals surface area contributed by atoms with Gasteiger partial charge < -0.3 is 5.73 Å². The van der Waals surface area contributed by atoms with Crippen molar-refractivity contribution < 1.29 is 9.31 Å². The number of thioether (sulfide) groups is 1. The first kappa shape index (κ1) is 15.5. The molecule has 110 valence electrons. The van der Waals surface area contributed by atoms with Gasteiger partial charge in [-0.25, -0.2) is 0 Å². The topological polar surface area (TPSA) is 69.2 Å². The Balaban J connectivity index is 2.09. The second kappa shape index (κ2) is 6.69. The number of hydrogen-bond donors (Lipinski definition) is 1. The van der Waals surface area contributed by atoms with E-state index in [2.05, 4.69) is 0 Å². The van der Waals surface area contributed by atoms with Crippen molar-refractivity contribution in [2.75, 3.05) is 0 Å². The summed E-state index contributed by atoms with van der Waals surface area (Å²) in [7, 11) is 0. The summed E-state index contributed by atoms with van der Waals surface area (Å²) in [5.41, 5.74) is 6.64. The van der Waals surface area contributed by atoms with Gasteiger partial charge >= 0.3 is 5.69 Å². The Morgan fingerprint density at radius 2 is 1.95 bits per heavy atom. The summed E-state index contributed by atoms with van der Waals surface area (Å²) in [6, 6.07) is 11.9. The monoisotopic (exact) mass is 306 g/mol. The minimum atomic E-state index is -0.762. The zero-order valence-electron chi connectivity index (χ0n) is 11.5. The molecular formula is C15H15FN2O2S. The quantitative estimate of drug-likeness (QED) is 0.514. The van der Waals surface area contributed by atoms with Crippen molar-refractivity contribution in [3.05, 3.63) is 69.5 Å². The van der Waals surface area contributed by atoms with Gasteiger partial charge in [0, 0.05) is 28.3 Å². The third-order valence-electron chi connectivity index (χ3n) is 3.06. The van der Waals surface area contributed by atoms with E-state index >= 15 is 0 Å². The fourth-order valence-corrected chi connectivity index (χ4v) is 2.72. The molecule has 0 amide bonds. The number of halogens is 1. The maximum Gasteiger partial charge on any atom is 0.305 e. The molecule has 1 atom stereocenters. The van der Waals surface area contributed by atoms with Crippen molar-refractivity contribution in [3.8, 4) is 0 Å². The highest BCUT2D eigenvalue weighted by Crippen LogP contribution is 2.28. The number of nitrogens with zero attached hydrogens (tertiary/aromatic N) is 1. The first-order valence-corrected chi connectivity index (χ1v) is 7.37. The molecule has 21 heavy (non-hydrogen) atoms. The highest BCUT2D eigenvalue weighted by molar-refractivity contribution is 7.98. The molecule has 2 N–H and O–H groups in total. The van der Waals surface area contributed by atoms with Crippen LogP contribution in [0, 0.1) is 15.9 Å². The van der Waals surface area contributed by atoms with Crippen LogP contribution in [0.4, 0.5) is 10.1 Å². The summed E-state index contributed by atoms with van der Waals surface area (Å²) in [5.74, 6) is -0.424. The van der Waals surface area contributed by atoms with Gasteiger partial charge in [0.1, 0.15) is 0 Å². The van der Waals surface area contributed by atoms with Crippen LogP contribution in [0.3, 0.4) is 0 Å². The molecule has 0 aliphatic rings. The molecule has 0 saturated heterocycles. The molecule has 0 saturated carbocycles. The van der Waals surface area contributed by atoms with Crippen molar-refractivity contribution in [1.82, 2.24) is 0 Å². The zero-order chi connectivity index (χ0) is 15.4. The number of benzene rings is 2. The van der Waals surface area contributed by atoms with Crippen molar-refractivity contribution >= 4 is 17.4 Å². The molecule has 0 bridgehead atoms. The first-order valence-electron chi connectivity index (χ1n) is 6.39. The molecule has 0 radical (unpaired) electrons. The predicted molar refractivity (Wildman–Crippen MR) is 81.7 cm³/mol. The van der Waals surface area contributed by atoms with E-state index in [9.17, 15) is 14.5 Å². The molecule has 4 nitrogen and oxygen atoms in total. The number of nitro groups is 1. The van der Waals surface area contributed by atoms with E-state index in [0.29, 0.717) is 11.3 Å². The normalized spacial score (nSPS) is 12.1. The number of rotatable bonds is 5. The summed E-state index contributed by atoms with van der Waals surface area (Å²) in [4.78, 5) is 11.0. The number of nitrogens with two attached hydrogens (primary N) is 1. The summed E-state index contributed by atoms with van der Waals surface area (Å²) < 4.78 is 13.9. The fraction of sp³-hybridized carbons (Fsp3) is 0.200. The molecule has 2 aromatic rings. The van der Waals surface area contributed by atoms with Crippen molar-refractivity contribution in [2.24, 2.45) is 5.73 Å². The average molecular weight is 306 g/mol. The fourth-order valence-electron chi connectivity index (χ4n) is 1.85. The summed E-state index contributed by atoms with van der Waals surface area (Å²) in [6.45, 7) is 1.90. The van der Waals surface area contributed by atoms with Crippen LogP contribution in [-0.2, 0) is 5.75 Å². The second-order valence-corrected chi connectivity index (χ2v) is 5.70. The Bertz CT molecular complexity index is 645. The Morgan fingerprint density at radius 1 is 1.29 bits per heavy atom. The summed E-state index contributed by atoms with van der Waals surface area (Å²) in [5, 5.41) is 10.7. The maximum atomic E-state index is 13.9. The average Bonchev–Trinajstić information content (AvgIpc) is 2.46. The Labute approximate surface area is 126 Å². The van der Waals surface area contributed by atoms with Crippen LogP contribution in [-0.4, -0.2) is 4.92 Å². The van der Waals surface area contributed by atoms with E-state index in [1.807, 2.05) is 31.2 Å². The summed E-state index contributed by atoms with van der Waals surface area (Å²) in [6.07, 6.45) is 0. The SMILES string of the molecule is CC(N)c1ccc(SCc2cccc([N+](=O)[O-])c2F)cc1. The van der Waals surface area contributed by atoms with Crippen LogP contribution in [0.1, 0.15) is 24.1 Å². The smallest absolute Gasteiger partial charge is 0.305 e. The van der Waals surface area contributed by atoms with Crippen molar-refractivity contribution in [2.45, 2.75) is 23.6 Å². The molecule has 1 unspecified atom stereocenters.